The van der Waals surface area contributed by atoms with Crippen LogP contribution < -0.4 is 25.0 Å². The smallest absolute Gasteiger partial charge is 0.223 e. The van der Waals surface area contributed by atoms with Gasteiger partial charge in [-0.3, -0.25) is 14.4 Å². The zero-order valence-corrected chi connectivity index (χ0v) is 45.3. The van der Waals surface area contributed by atoms with Crippen molar-refractivity contribution >= 4 is 50.5 Å². The van der Waals surface area contributed by atoms with Gasteiger partial charge in [-0.05, 0) is 89.7 Å². The fourth-order valence-electron chi connectivity index (χ4n) is 8.96. The van der Waals surface area contributed by atoms with Crippen LogP contribution in [-0.2, 0) is 38.1 Å². The Morgan fingerprint density at radius 3 is 2.28 bits per heavy atom. The van der Waals surface area contributed by atoms with Gasteiger partial charge in [0.05, 0.1) is 62.0 Å². The fraction of sp³-hybridized carbons (Fsp3) is 0.635. The molecule has 8 unspecified atom stereocenters. The summed E-state index contributed by atoms with van der Waals surface area (Å²) in [6.45, 7) is 15.2. The van der Waals surface area contributed by atoms with E-state index >= 15 is 0 Å². The van der Waals surface area contributed by atoms with Crippen molar-refractivity contribution < 1.29 is 67.3 Å². The first kappa shape index (κ1) is 58.4. The highest BCUT2D eigenvalue weighted by Gasteiger charge is 2.42. The average molecular weight is 1050 g/mol. The van der Waals surface area contributed by atoms with Crippen molar-refractivity contribution in [1.82, 2.24) is 10.8 Å². The summed E-state index contributed by atoms with van der Waals surface area (Å²) >= 11 is 1.16. The molecule has 5 rings (SSSR count). The highest BCUT2D eigenvalue weighted by atomic mass is 33.1. The van der Waals surface area contributed by atoms with Gasteiger partial charge in [-0.2, -0.15) is 5.48 Å². The van der Waals surface area contributed by atoms with Crippen LogP contribution in [0.1, 0.15) is 102 Å². The van der Waals surface area contributed by atoms with Crippen LogP contribution >= 0.6 is 33.3 Å². The average Bonchev–Trinajstić information content (AvgIpc) is 3.32. The Labute approximate surface area is 431 Å². The van der Waals surface area contributed by atoms with Crippen LogP contribution in [0.2, 0.25) is 0 Å². The monoisotopic (exact) mass is 1040 g/mol. The van der Waals surface area contributed by atoms with Crippen LogP contribution in [0.3, 0.4) is 0 Å². The molecule has 0 bridgehead atoms. The van der Waals surface area contributed by atoms with Crippen molar-refractivity contribution in [1.29, 1.82) is 0 Å². The number of rotatable bonds is 20. The molecule has 3 saturated heterocycles. The highest BCUT2D eigenvalue weighted by Crippen LogP contribution is 2.48. The minimum Gasteiger partial charge on any atom is -0.492 e. The van der Waals surface area contributed by atoms with Crippen molar-refractivity contribution in [3.05, 3.63) is 51.8 Å². The maximum absolute atomic E-state index is 14.2. The first-order valence-electron chi connectivity index (χ1n) is 23.9. The summed E-state index contributed by atoms with van der Waals surface area (Å²) in [6, 6.07) is -0.663. The van der Waals surface area contributed by atoms with Crippen molar-refractivity contribution in [3.63, 3.8) is 0 Å². The fourth-order valence-corrected chi connectivity index (χ4v) is 12.5. The largest absolute Gasteiger partial charge is 0.492 e. The number of thioether (sulfide) groups is 1. The second-order valence-electron chi connectivity index (χ2n) is 18.6. The van der Waals surface area contributed by atoms with E-state index in [2.05, 4.69) is 34.6 Å². The molecule has 4 N–H and O–H groups in total. The van der Waals surface area contributed by atoms with Gasteiger partial charge in [0.15, 0.2) is 29.9 Å². The third-order valence-electron chi connectivity index (χ3n) is 13.0. The van der Waals surface area contributed by atoms with Gasteiger partial charge in [0.2, 0.25) is 17.2 Å². The molecule has 1 aromatic carbocycles. The molecule has 16 nitrogen and oxygen atoms in total. The number of terminal acetylenes is 1. The molecule has 0 spiro atoms. The van der Waals surface area contributed by atoms with Crippen molar-refractivity contribution in [2.24, 2.45) is 5.92 Å². The molecule has 3 fully saturated rings. The second kappa shape index (κ2) is 27.1. The molecule has 1 aliphatic carbocycles. The van der Waals surface area contributed by atoms with E-state index in [1.165, 1.54) is 33.5 Å². The lowest BCUT2D eigenvalue weighted by Crippen LogP contribution is -2.56. The van der Waals surface area contributed by atoms with Gasteiger partial charge in [-0.15, -0.1) is 6.42 Å². The van der Waals surface area contributed by atoms with Crippen LogP contribution in [0.15, 0.2) is 35.1 Å². The lowest BCUT2D eigenvalue weighted by Gasteiger charge is -2.41. The first-order valence-corrected chi connectivity index (χ1v) is 27.1. The Hall–Kier alpha value is -3.54. The number of aldehydes is 1. The van der Waals surface area contributed by atoms with Crippen molar-refractivity contribution in [2.75, 3.05) is 34.1 Å². The number of hydroxylamine groups is 1. The van der Waals surface area contributed by atoms with Crippen LogP contribution in [0.5, 0.6) is 17.2 Å². The van der Waals surface area contributed by atoms with E-state index in [9.17, 15) is 24.6 Å². The topological polar surface area (TPSA) is 199 Å². The third kappa shape index (κ3) is 14.8. The number of carbonyl (C=O) groups is 3. The minimum atomic E-state index is -0.979. The minimum absolute atomic E-state index is 0.0573. The van der Waals surface area contributed by atoms with E-state index in [4.69, 9.17) is 49.2 Å². The number of carbonyl (C=O) groups excluding carboxylic acids is 3. The Kier molecular flexibility index (Phi) is 22.3. The zero-order chi connectivity index (χ0) is 52.2. The second-order valence-corrected chi connectivity index (χ2v) is 22.8. The number of Topliss-reactive ketones (excluding diaryl/α,β-unsaturated/α-hetero) is 1. The standard InChI is InChI=1S/C52H72N2O14S3/c1-14-15-16-17-18-37(44-34(28(2)25-35(56)46(44)53-10)21-24-69-71-52(8,9)22-23-55)66-41-26-36(57)45(32(6)64-41)54-68-40-20-19-39(31(5)63-40)70-51(59)43-29(3)30(4)48(50(62-13)49(43)61-12)67-42-27-38(60-11)47(58)33(7)65-42/h1,15-16,21,23,28,31-33,36-42,45,47,53-54,57-58H,19-20,22,24-27H2,2-13H3/b16-15-,34-21-/t28?,31?,32?,33-,36?,37-,38-,39-,40?,41?,42?,45+,47?/m0/s1. The summed E-state index contributed by atoms with van der Waals surface area (Å²) in [5, 5.41) is 24.7. The van der Waals surface area contributed by atoms with Crippen LogP contribution in [0, 0.1) is 44.0 Å². The SMILES string of the molecule is C#C/C=C\C#C[C@H](OC1CC(O)[C@H](NOC2CC[C@H](SC(=O)c3c(C)c(C)c(OC4C[C@H](OC)C(O)[C@H](C)O4)c(OC)c3OC)C(C)O2)C(C)O1)C1=C(NC)C(=O)CC(C)/C1=C/CSSC(C)(C)CC=O. The van der Waals surface area contributed by atoms with Crippen LogP contribution in [0.4, 0.5) is 0 Å². The molecule has 0 radical (unpaired) electrons. The maximum Gasteiger partial charge on any atom is 0.223 e. The van der Waals surface area contributed by atoms with Crippen molar-refractivity contribution in [2.45, 2.75) is 172 Å². The number of allylic oxidation sites excluding steroid dienone is 3. The van der Waals surface area contributed by atoms with Gasteiger partial charge in [0.1, 0.15) is 18.5 Å². The molecule has 1 aromatic rings. The van der Waals surface area contributed by atoms with Gasteiger partial charge in [0.25, 0.3) is 0 Å². The molecule has 392 valence electrons. The Bertz CT molecular complexity index is 2220. The summed E-state index contributed by atoms with van der Waals surface area (Å²) in [5.74, 6) is 9.81. The molecular weight excluding hydrogens is 973 g/mol. The zero-order valence-electron chi connectivity index (χ0n) is 42.9. The molecule has 4 aliphatic rings. The number of likely N-dealkylation sites (N-methyl/N-ethyl adjacent to an activating group) is 1. The van der Waals surface area contributed by atoms with Gasteiger partial charge < -0.3 is 58.2 Å². The lowest BCUT2D eigenvalue weighted by atomic mass is 9.79. The predicted molar refractivity (Wildman–Crippen MR) is 276 cm³/mol. The number of methoxy groups -OCH3 is 3. The van der Waals surface area contributed by atoms with Crippen LogP contribution in [-0.4, -0.2) is 139 Å². The number of hydrogen-bond donors (Lipinski definition) is 4. The van der Waals surface area contributed by atoms with Gasteiger partial charge >= 0.3 is 0 Å². The van der Waals surface area contributed by atoms with Gasteiger partial charge in [-0.25, -0.2) is 0 Å². The molecule has 0 saturated carbocycles. The summed E-state index contributed by atoms with van der Waals surface area (Å²) in [5.41, 5.74) is 6.59. The maximum atomic E-state index is 14.2. The molecular formula is C52H72N2O14S3. The number of benzene rings is 1. The summed E-state index contributed by atoms with van der Waals surface area (Å²) in [4.78, 5) is 44.9. The summed E-state index contributed by atoms with van der Waals surface area (Å²) < 4.78 is 48.4. The number of hydrogen-bond acceptors (Lipinski definition) is 19. The van der Waals surface area contributed by atoms with E-state index in [-0.39, 0.29) is 51.2 Å². The predicted octanol–water partition coefficient (Wildman–Crippen LogP) is 6.70. The Balaban J connectivity index is 1.22. The molecule has 71 heavy (non-hydrogen) atoms. The normalized spacial score (nSPS) is 30.3. The molecule has 3 heterocycles. The van der Waals surface area contributed by atoms with E-state index in [1.807, 2.05) is 41.5 Å². The van der Waals surface area contributed by atoms with Gasteiger partial charge in [0, 0.05) is 67.6 Å². The summed E-state index contributed by atoms with van der Waals surface area (Å²) in [6.07, 6.45) is 6.48. The highest BCUT2D eigenvalue weighted by molar-refractivity contribution is 8.77. The molecule has 19 heteroatoms. The van der Waals surface area contributed by atoms with Crippen molar-refractivity contribution in [3.8, 4) is 41.4 Å². The third-order valence-corrected chi connectivity index (χ3v) is 17.5. The van der Waals surface area contributed by atoms with E-state index in [0.29, 0.717) is 65.1 Å². The number of ether oxygens (including phenoxy) is 8. The van der Waals surface area contributed by atoms with Crippen LogP contribution in [0.25, 0.3) is 0 Å². The number of ketones is 1. The summed E-state index contributed by atoms with van der Waals surface area (Å²) in [7, 11) is 9.43. The van der Waals surface area contributed by atoms with Gasteiger partial charge in [-0.1, -0.05) is 64.1 Å². The lowest BCUT2D eigenvalue weighted by molar-refractivity contribution is -0.266. The molecule has 13 atom stereocenters. The number of nitrogens with one attached hydrogen (secondary N) is 2. The quantitative estimate of drug-likeness (QED) is 0.0354. The molecule has 0 amide bonds. The number of aliphatic hydroxyl groups excluding tert-OH is 2. The first-order chi connectivity index (χ1) is 33.8. The molecule has 3 aliphatic heterocycles. The molecule has 0 aromatic heterocycles. The Morgan fingerprint density at radius 1 is 0.944 bits per heavy atom. The van der Waals surface area contributed by atoms with E-state index in [1.54, 1.807) is 42.5 Å². The van der Waals surface area contributed by atoms with E-state index < -0.39 is 67.6 Å². The number of aliphatic hydroxyl groups is 2. The van der Waals surface area contributed by atoms with E-state index in [0.717, 1.165) is 23.6 Å². The Morgan fingerprint density at radius 2 is 1.65 bits per heavy atom.